The number of hydrazine groups is 1. The highest BCUT2D eigenvalue weighted by Crippen LogP contribution is 2.22. The highest BCUT2D eigenvalue weighted by atomic mass is 16.2. The molecule has 102 valence electrons. The van der Waals surface area contributed by atoms with E-state index in [1.54, 1.807) is 0 Å². The summed E-state index contributed by atoms with van der Waals surface area (Å²) < 4.78 is 0. The van der Waals surface area contributed by atoms with E-state index in [9.17, 15) is 0 Å². The van der Waals surface area contributed by atoms with Gasteiger partial charge in [0.05, 0.1) is 0 Å². The Hall–Kier alpha value is -1.40. The highest BCUT2D eigenvalue weighted by Gasteiger charge is 2.17. The zero-order valence-corrected chi connectivity index (χ0v) is 11.3. The molecule has 6 nitrogen and oxygen atoms in total. The van der Waals surface area contributed by atoms with Gasteiger partial charge in [0, 0.05) is 24.9 Å². The molecule has 18 heavy (non-hydrogen) atoms. The molecule has 6 heteroatoms. The molecule has 1 rings (SSSR count). The smallest absolute Gasteiger partial charge is 0.239 e. The van der Waals surface area contributed by atoms with Crippen molar-refractivity contribution in [1.82, 2.24) is 9.97 Å². The summed E-state index contributed by atoms with van der Waals surface area (Å²) in [6.45, 7) is 7.23. The SMILES string of the molecule is Cc1cc(NCC(C)(C)CCCO)nc(NN)n1. The van der Waals surface area contributed by atoms with Gasteiger partial charge in [-0.2, -0.15) is 4.98 Å². The lowest BCUT2D eigenvalue weighted by Gasteiger charge is -2.25. The van der Waals surface area contributed by atoms with Gasteiger partial charge in [0.25, 0.3) is 0 Å². The molecule has 0 aliphatic rings. The fraction of sp³-hybridized carbons (Fsp3) is 0.667. The fourth-order valence-electron chi connectivity index (χ4n) is 1.70. The van der Waals surface area contributed by atoms with Gasteiger partial charge < -0.3 is 10.4 Å². The number of rotatable bonds is 7. The summed E-state index contributed by atoms with van der Waals surface area (Å²) in [6.07, 6.45) is 1.77. The Labute approximate surface area is 108 Å². The number of anilines is 2. The average Bonchev–Trinajstić information content (AvgIpc) is 2.33. The molecule has 0 aromatic carbocycles. The Bertz CT molecular complexity index is 381. The molecular formula is C12H23N5O. The molecule has 5 N–H and O–H groups in total. The maximum Gasteiger partial charge on any atom is 0.239 e. The van der Waals surface area contributed by atoms with Gasteiger partial charge in [-0.25, -0.2) is 10.8 Å². The van der Waals surface area contributed by atoms with Crippen LogP contribution in [0.15, 0.2) is 6.07 Å². The van der Waals surface area contributed by atoms with Gasteiger partial charge in [-0.3, -0.25) is 5.43 Å². The zero-order chi connectivity index (χ0) is 13.6. The molecule has 0 saturated carbocycles. The molecule has 0 unspecified atom stereocenters. The summed E-state index contributed by atoms with van der Waals surface area (Å²) >= 11 is 0. The summed E-state index contributed by atoms with van der Waals surface area (Å²) in [5.74, 6) is 6.47. The van der Waals surface area contributed by atoms with Crippen molar-refractivity contribution in [3.8, 4) is 0 Å². The maximum absolute atomic E-state index is 8.86. The van der Waals surface area contributed by atoms with Crippen LogP contribution < -0.4 is 16.6 Å². The van der Waals surface area contributed by atoms with Gasteiger partial charge in [0.2, 0.25) is 5.95 Å². The van der Waals surface area contributed by atoms with Gasteiger partial charge in [0.1, 0.15) is 5.82 Å². The van der Waals surface area contributed by atoms with E-state index in [0.29, 0.717) is 5.95 Å². The molecule has 0 saturated heterocycles. The summed E-state index contributed by atoms with van der Waals surface area (Å²) in [7, 11) is 0. The zero-order valence-electron chi connectivity index (χ0n) is 11.3. The standard InChI is InChI=1S/C12H23N5O/c1-9-7-10(16-11(15-9)17-13)14-8-12(2,3)5-4-6-18/h7,18H,4-6,8,13H2,1-3H3,(H2,14,15,16,17). The van der Waals surface area contributed by atoms with Crippen molar-refractivity contribution in [3.05, 3.63) is 11.8 Å². The molecule has 0 radical (unpaired) electrons. The summed E-state index contributed by atoms with van der Waals surface area (Å²) in [5, 5.41) is 12.1. The summed E-state index contributed by atoms with van der Waals surface area (Å²) in [4.78, 5) is 8.35. The van der Waals surface area contributed by atoms with Gasteiger partial charge in [-0.05, 0) is 25.2 Å². The van der Waals surface area contributed by atoms with E-state index < -0.39 is 0 Å². The van der Waals surface area contributed by atoms with Crippen molar-refractivity contribution >= 4 is 11.8 Å². The number of aryl methyl sites for hydroxylation is 1. The molecule has 0 aliphatic heterocycles. The van der Waals surface area contributed by atoms with E-state index in [-0.39, 0.29) is 12.0 Å². The van der Waals surface area contributed by atoms with Crippen LogP contribution in [-0.2, 0) is 0 Å². The lowest BCUT2D eigenvalue weighted by atomic mass is 9.88. The number of nitrogen functional groups attached to an aromatic ring is 1. The summed E-state index contributed by atoms with van der Waals surface area (Å²) in [6, 6.07) is 1.88. The minimum atomic E-state index is 0.109. The molecule has 0 aliphatic carbocycles. The number of aliphatic hydroxyl groups excluding tert-OH is 1. The second-order valence-electron chi connectivity index (χ2n) is 5.21. The van der Waals surface area contributed by atoms with Crippen molar-refractivity contribution in [2.75, 3.05) is 23.9 Å². The lowest BCUT2D eigenvalue weighted by Crippen LogP contribution is -2.24. The fourth-order valence-corrected chi connectivity index (χ4v) is 1.70. The molecule has 0 amide bonds. The van der Waals surface area contributed by atoms with Crippen LogP contribution in [0, 0.1) is 12.3 Å². The van der Waals surface area contributed by atoms with Crippen LogP contribution in [0.5, 0.6) is 0 Å². The number of nitrogens with zero attached hydrogens (tertiary/aromatic N) is 2. The van der Waals surface area contributed by atoms with Crippen LogP contribution in [-0.4, -0.2) is 28.2 Å². The topological polar surface area (TPSA) is 96.1 Å². The molecule has 0 bridgehead atoms. The molecule has 1 heterocycles. The Morgan fingerprint density at radius 3 is 2.72 bits per heavy atom. The van der Waals surface area contributed by atoms with Gasteiger partial charge >= 0.3 is 0 Å². The third kappa shape index (κ3) is 4.85. The predicted molar refractivity (Wildman–Crippen MR) is 73.2 cm³/mol. The third-order valence-electron chi connectivity index (χ3n) is 2.74. The molecular weight excluding hydrogens is 230 g/mol. The Morgan fingerprint density at radius 2 is 2.11 bits per heavy atom. The van der Waals surface area contributed by atoms with Gasteiger partial charge in [-0.15, -0.1) is 0 Å². The van der Waals surface area contributed by atoms with Crippen molar-refractivity contribution < 1.29 is 5.11 Å². The molecule has 0 spiro atoms. The number of aromatic nitrogens is 2. The predicted octanol–water partition coefficient (Wildman–Crippen LogP) is 1.28. The Balaban J connectivity index is 2.59. The largest absolute Gasteiger partial charge is 0.396 e. The van der Waals surface area contributed by atoms with Gasteiger partial charge in [-0.1, -0.05) is 13.8 Å². The molecule has 1 aromatic heterocycles. The van der Waals surface area contributed by atoms with E-state index in [1.165, 1.54) is 0 Å². The first-order valence-electron chi connectivity index (χ1n) is 6.14. The van der Waals surface area contributed by atoms with Crippen molar-refractivity contribution in [1.29, 1.82) is 0 Å². The first-order chi connectivity index (χ1) is 8.46. The summed E-state index contributed by atoms with van der Waals surface area (Å²) in [5.41, 5.74) is 3.41. The van der Waals surface area contributed by atoms with Crippen LogP contribution in [0.3, 0.4) is 0 Å². The number of aliphatic hydroxyl groups is 1. The first kappa shape index (κ1) is 14.7. The van der Waals surface area contributed by atoms with Crippen LogP contribution in [0.25, 0.3) is 0 Å². The van der Waals surface area contributed by atoms with Crippen molar-refractivity contribution in [3.63, 3.8) is 0 Å². The maximum atomic E-state index is 8.86. The normalized spacial score (nSPS) is 11.4. The molecule has 0 fully saturated rings. The number of hydrogen-bond acceptors (Lipinski definition) is 6. The second kappa shape index (κ2) is 6.51. The number of nitrogens with one attached hydrogen (secondary N) is 2. The van der Waals surface area contributed by atoms with E-state index in [0.717, 1.165) is 30.9 Å². The first-order valence-corrected chi connectivity index (χ1v) is 6.14. The van der Waals surface area contributed by atoms with Crippen molar-refractivity contribution in [2.24, 2.45) is 11.3 Å². The Morgan fingerprint density at radius 1 is 1.39 bits per heavy atom. The number of hydrogen-bond donors (Lipinski definition) is 4. The second-order valence-corrected chi connectivity index (χ2v) is 5.21. The van der Waals surface area contributed by atoms with Crippen LogP contribution in [0.1, 0.15) is 32.4 Å². The molecule has 0 atom stereocenters. The quantitative estimate of drug-likeness (QED) is 0.432. The monoisotopic (exact) mass is 253 g/mol. The van der Waals surface area contributed by atoms with E-state index >= 15 is 0 Å². The van der Waals surface area contributed by atoms with Gasteiger partial charge in [0.15, 0.2) is 0 Å². The van der Waals surface area contributed by atoms with E-state index in [2.05, 4.69) is 34.6 Å². The lowest BCUT2D eigenvalue weighted by molar-refractivity contribution is 0.248. The minimum Gasteiger partial charge on any atom is -0.396 e. The Kier molecular flexibility index (Phi) is 5.30. The molecule has 1 aromatic rings. The third-order valence-corrected chi connectivity index (χ3v) is 2.74. The van der Waals surface area contributed by atoms with Crippen molar-refractivity contribution in [2.45, 2.75) is 33.6 Å². The van der Waals surface area contributed by atoms with Crippen LogP contribution in [0.2, 0.25) is 0 Å². The van der Waals surface area contributed by atoms with E-state index in [1.807, 2.05) is 13.0 Å². The average molecular weight is 253 g/mol. The highest BCUT2D eigenvalue weighted by molar-refractivity contribution is 5.41. The van der Waals surface area contributed by atoms with Crippen LogP contribution in [0.4, 0.5) is 11.8 Å². The minimum absolute atomic E-state index is 0.109. The van der Waals surface area contributed by atoms with E-state index in [4.69, 9.17) is 10.9 Å². The number of nitrogens with two attached hydrogens (primary N) is 1. The van der Waals surface area contributed by atoms with Crippen LogP contribution >= 0.6 is 0 Å².